The van der Waals surface area contributed by atoms with Crippen LogP contribution in [-0.2, 0) is 26.8 Å². The third-order valence-electron chi connectivity index (χ3n) is 11.9. The van der Waals surface area contributed by atoms with Gasteiger partial charge >= 0.3 is 0 Å². The maximum absolute atomic E-state index is 14.4. The summed E-state index contributed by atoms with van der Waals surface area (Å²) in [5.74, 6) is 1.86. The van der Waals surface area contributed by atoms with Gasteiger partial charge in [0.15, 0.2) is 0 Å². The average molecular weight is 672 g/mol. The van der Waals surface area contributed by atoms with Crippen LogP contribution in [0.1, 0.15) is 109 Å². The molecule has 2 fully saturated rings. The summed E-state index contributed by atoms with van der Waals surface area (Å²) in [4.78, 5) is 35.0. The topological polar surface area (TPSA) is 120 Å². The van der Waals surface area contributed by atoms with Crippen LogP contribution < -0.4 is 16.4 Å². The number of aliphatic imine (C=N–C) groups is 1. The minimum absolute atomic E-state index is 0.0215. The van der Waals surface area contributed by atoms with Crippen LogP contribution in [0.2, 0.25) is 0 Å². The molecule has 1 heterocycles. The first kappa shape index (κ1) is 36.9. The second-order valence-electron chi connectivity index (χ2n) is 15.8. The number of carbonyl (C=O) groups excluding carboxylic acids is 2. The summed E-state index contributed by atoms with van der Waals surface area (Å²) in [7, 11) is 0. The van der Waals surface area contributed by atoms with E-state index in [0.717, 1.165) is 88.8 Å². The molecule has 0 aromatic heterocycles. The van der Waals surface area contributed by atoms with Crippen molar-refractivity contribution in [2.45, 2.75) is 122 Å². The first-order valence-corrected chi connectivity index (χ1v) is 19.0. The van der Waals surface area contributed by atoms with E-state index >= 15 is 0 Å². The van der Waals surface area contributed by atoms with Gasteiger partial charge in [0.25, 0.3) is 0 Å². The van der Waals surface area contributed by atoms with E-state index in [1.165, 1.54) is 11.1 Å². The second kappa shape index (κ2) is 16.1. The average Bonchev–Trinajstić information content (AvgIpc) is 3.80. The molecule has 1 saturated heterocycles. The summed E-state index contributed by atoms with van der Waals surface area (Å²) in [6, 6.07) is 15.9. The first-order chi connectivity index (χ1) is 23.5. The molecule has 8 heteroatoms. The number of phenols is 1. The van der Waals surface area contributed by atoms with Gasteiger partial charge in [-0.3, -0.25) is 19.5 Å². The van der Waals surface area contributed by atoms with Crippen LogP contribution in [0.15, 0.2) is 53.5 Å². The van der Waals surface area contributed by atoms with Crippen molar-refractivity contribution in [3.63, 3.8) is 0 Å². The van der Waals surface area contributed by atoms with Crippen LogP contribution in [0.3, 0.4) is 0 Å². The number of nitrogens with zero attached hydrogens (tertiary/aromatic N) is 2. The molecule has 3 aliphatic rings. The van der Waals surface area contributed by atoms with Gasteiger partial charge in [-0.05, 0) is 103 Å². The van der Waals surface area contributed by atoms with Gasteiger partial charge in [0, 0.05) is 32.1 Å². The molecule has 8 nitrogen and oxygen atoms in total. The van der Waals surface area contributed by atoms with E-state index in [4.69, 9.17) is 5.73 Å². The van der Waals surface area contributed by atoms with Gasteiger partial charge in [0.05, 0.1) is 11.3 Å². The van der Waals surface area contributed by atoms with Crippen LogP contribution in [-0.4, -0.2) is 65.9 Å². The number of phenolic OH excluding ortho intramolecular Hbond substituents is 1. The molecule has 0 unspecified atom stereocenters. The van der Waals surface area contributed by atoms with Gasteiger partial charge in [-0.1, -0.05) is 83.9 Å². The largest absolute Gasteiger partial charge is 0.508 e. The molecule has 2 amide bonds. The van der Waals surface area contributed by atoms with Gasteiger partial charge in [-0.2, -0.15) is 0 Å². The fourth-order valence-electron chi connectivity index (χ4n) is 8.73. The zero-order chi connectivity index (χ0) is 35.2. The molecule has 2 aromatic carbocycles. The Balaban J connectivity index is 1.21. The molecule has 2 aromatic rings. The van der Waals surface area contributed by atoms with Crippen molar-refractivity contribution in [2.75, 3.05) is 26.2 Å². The van der Waals surface area contributed by atoms with Gasteiger partial charge in [0.1, 0.15) is 11.8 Å². The van der Waals surface area contributed by atoms with Crippen molar-refractivity contribution in [3.8, 4) is 5.75 Å². The van der Waals surface area contributed by atoms with E-state index in [1.807, 2.05) is 30.3 Å². The number of benzene rings is 2. The summed E-state index contributed by atoms with van der Waals surface area (Å²) in [5.41, 5.74) is 8.97. The monoisotopic (exact) mass is 671 g/mol. The number of nitrogens with two attached hydrogens (primary N) is 1. The number of hydrogen-bond acceptors (Lipinski definition) is 5. The molecule has 1 aliphatic heterocycles. The Bertz CT molecular complexity index is 1460. The molecule has 5 N–H and O–H groups in total. The highest BCUT2D eigenvalue weighted by Gasteiger charge is 2.62. The molecular formula is C41H61N5O3. The zero-order valence-electron chi connectivity index (χ0n) is 30.6. The van der Waals surface area contributed by atoms with Gasteiger partial charge in [-0.25, -0.2) is 0 Å². The standard InChI is InChI=1S/C41H61N5O3/c1-6-14-37(42)43-20-12-7-8-13-21-44-38(48)35(23-28(2)3)45-39(49)41(31-15-10-9-11-16-31)26-32(41)27-46-22-19-40(5)29(4)36(46)24-30-17-18-33(47)25-34(30)40/h9-11,15-18,25,28-29,32,35-36,47H,6-8,12-14,19-24,26-27H2,1-5H3,(H2,42,43)(H,44,48)(H,45,49)/t29-,32-,35+,36-,40-,41+/m1/s1. The van der Waals surface area contributed by atoms with Crippen LogP contribution in [0.4, 0.5) is 0 Å². The van der Waals surface area contributed by atoms with Gasteiger partial charge in [0.2, 0.25) is 11.8 Å². The second-order valence-corrected chi connectivity index (χ2v) is 15.8. The summed E-state index contributed by atoms with van der Waals surface area (Å²) in [6.45, 7) is 14.2. The number of amidine groups is 1. The number of aromatic hydroxyl groups is 1. The number of likely N-dealkylation sites (tertiary alicyclic amines) is 1. The minimum Gasteiger partial charge on any atom is -0.508 e. The number of amides is 2. The van der Waals surface area contributed by atoms with Crippen molar-refractivity contribution < 1.29 is 14.7 Å². The van der Waals surface area contributed by atoms with Crippen molar-refractivity contribution in [3.05, 3.63) is 65.2 Å². The quantitative estimate of drug-likeness (QED) is 0.0902. The van der Waals surface area contributed by atoms with E-state index in [9.17, 15) is 14.7 Å². The SMILES string of the molecule is CCCC(N)=NCCCCCCNC(=O)[C@H](CC(C)C)NC(=O)[C@]1(c2ccccc2)C[C@@H]1CN1CC[C@@]2(C)c3cc(O)ccc3C[C@@H]1[C@H]2C. The Labute approximate surface area is 294 Å². The maximum Gasteiger partial charge on any atom is 0.242 e. The van der Waals surface area contributed by atoms with Crippen molar-refractivity contribution >= 4 is 17.6 Å². The predicted molar refractivity (Wildman–Crippen MR) is 199 cm³/mol. The third-order valence-corrected chi connectivity index (χ3v) is 11.9. The van der Waals surface area contributed by atoms with Gasteiger partial charge < -0.3 is 21.5 Å². The molecule has 5 rings (SSSR count). The van der Waals surface area contributed by atoms with Crippen molar-refractivity contribution in [1.29, 1.82) is 0 Å². The summed E-state index contributed by atoms with van der Waals surface area (Å²) in [5, 5.41) is 16.7. The fourth-order valence-corrected chi connectivity index (χ4v) is 8.73. The highest BCUT2D eigenvalue weighted by Crippen LogP contribution is 2.57. The highest BCUT2D eigenvalue weighted by atomic mass is 16.3. The normalized spacial score (nSPS) is 27.0. The number of nitrogens with one attached hydrogen (secondary N) is 2. The molecular weight excluding hydrogens is 610 g/mol. The molecule has 6 atom stereocenters. The Hall–Kier alpha value is -3.39. The fraction of sp³-hybridized carbons (Fsp3) is 0.634. The minimum atomic E-state index is -0.637. The summed E-state index contributed by atoms with van der Waals surface area (Å²) < 4.78 is 0. The highest BCUT2D eigenvalue weighted by molar-refractivity contribution is 5.95. The molecule has 268 valence electrons. The van der Waals surface area contributed by atoms with Crippen molar-refractivity contribution in [1.82, 2.24) is 15.5 Å². The number of fused-ring (bicyclic) bond motifs is 4. The maximum atomic E-state index is 14.4. The Kier molecular flexibility index (Phi) is 12.1. The lowest BCUT2D eigenvalue weighted by atomic mass is 9.59. The van der Waals surface area contributed by atoms with E-state index in [0.29, 0.717) is 30.7 Å². The molecule has 2 bridgehead atoms. The van der Waals surface area contributed by atoms with E-state index in [2.05, 4.69) is 73.3 Å². The summed E-state index contributed by atoms with van der Waals surface area (Å²) >= 11 is 0. The first-order valence-electron chi connectivity index (χ1n) is 19.0. The van der Waals surface area contributed by atoms with E-state index in [1.54, 1.807) is 0 Å². The van der Waals surface area contributed by atoms with E-state index in [-0.39, 0.29) is 29.1 Å². The predicted octanol–water partition coefficient (Wildman–Crippen LogP) is 6.24. The van der Waals surface area contributed by atoms with Crippen LogP contribution in [0, 0.1) is 17.8 Å². The smallest absolute Gasteiger partial charge is 0.242 e. The number of hydrogen-bond donors (Lipinski definition) is 4. The Morgan fingerprint density at radius 1 is 1.10 bits per heavy atom. The van der Waals surface area contributed by atoms with E-state index < -0.39 is 11.5 Å². The number of rotatable bonds is 17. The molecule has 0 spiro atoms. The Morgan fingerprint density at radius 2 is 1.86 bits per heavy atom. The lowest BCUT2D eigenvalue weighted by Crippen LogP contribution is -2.58. The lowest BCUT2D eigenvalue weighted by molar-refractivity contribution is -0.131. The molecule has 49 heavy (non-hydrogen) atoms. The van der Waals surface area contributed by atoms with Crippen LogP contribution in [0.5, 0.6) is 5.75 Å². The molecule has 1 saturated carbocycles. The number of piperidine rings is 1. The van der Waals surface area contributed by atoms with Crippen molar-refractivity contribution in [2.24, 2.45) is 28.5 Å². The number of carbonyl (C=O) groups is 2. The lowest BCUT2D eigenvalue weighted by Gasteiger charge is -2.55. The zero-order valence-corrected chi connectivity index (χ0v) is 30.6. The third kappa shape index (κ3) is 8.33. The summed E-state index contributed by atoms with van der Waals surface area (Å²) in [6.07, 6.45) is 9.22. The van der Waals surface area contributed by atoms with Gasteiger partial charge in [-0.15, -0.1) is 0 Å². The molecule has 0 radical (unpaired) electrons. The van der Waals surface area contributed by atoms with Crippen LogP contribution in [0.25, 0.3) is 0 Å². The van der Waals surface area contributed by atoms with Crippen LogP contribution >= 0.6 is 0 Å². The number of unbranched alkanes of at least 4 members (excludes halogenated alkanes) is 3. The Morgan fingerprint density at radius 3 is 2.59 bits per heavy atom. The molecule has 2 aliphatic carbocycles.